The van der Waals surface area contributed by atoms with Gasteiger partial charge in [-0.25, -0.2) is 15.0 Å². The zero-order valence-electron chi connectivity index (χ0n) is 17.2. The van der Waals surface area contributed by atoms with Crippen molar-refractivity contribution >= 4 is 60.3 Å². The molecule has 0 fully saturated rings. The third-order valence-electron chi connectivity index (χ3n) is 4.77. The van der Waals surface area contributed by atoms with Crippen molar-refractivity contribution in [2.75, 3.05) is 11.1 Å². The average molecular weight is 533 g/mol. The van der Waals surface area contributed by atoms with Crippen molar-refractivity contribution in [2.24, 2.45) is 0 Å². The minimum atomic E-state index is -0.145. The number of thioether (sulfide) groups is 1. The van der Waals surface area contributed by atoms with Crippen LogP contribution in [0.15, 0.2) is 94.6 Å². The summed E-state index contributed by atoms with van der Waals surface area (Å²) in [6, 6.07) is 27.8. The van der Waals surface area contributed by atoms with Gasteiger partial charge in [0, 0.05) is 15.6 Å². The number of hydrogen-bond acceptors (Lipinski definition) is 6. The first kappa shape index (κ1) is 21.8. The lowest BCUT2D eigenvalue weighted by Crippen LogP contribution is -2.14. The standard InChI is InChI=1S/C25H17BrN4OS2/c26-18-11-12-19-22(13-18)33-25(27-19)30-23(31)15-32-24-28-20(16-7-3-1-4-8-16)14-21(29-24)17-9-5-2-6-10-17/h1-14H,15H2,(H,27,30,31). The maximum atomic E-state index is 12.6. The fraction of sp³-hybridized carbons (Fsp3) is 0.0400. The molecule has 33 heavy (non-hydrogen) atoms. The van der Waals surface area contributed by atoms with Crippen LogP contribution in [0.5, 0.6) is 0 Å². The zero-order chi connectivity index (χ0) is 22.6. The lowest BCUT2D eigenvalue weighted by Gasteiger charge is -2.08. The highest BCUT2D eigenvalue weighted by Gasteiger charge is 2.13. The van der Waals surface area contributed by atoms with Gasteiger partial charge in [0.2, 0.25) is 5.91 Å². The zero-order valence-corrected chi connectivity index (χ0v) is 20.5. The summed E-state index contributed by atoms with van der Waals surface area (Å²) in [5.41, 5.74) is 4.51. The molecule has 5 rings (SSSR count). The highest BCUT2D eigenvalue weighted by Crippen LogP contribution is 2.29. The second kappa shape index (κ2) is 9.82. The summed E-state index contributed by atoms with van der Waals surface area (Å²) < 4.78 is 2.00. The highest BCUT2D eigenvalue weighted by atomic mass is 79.9. The molecule has 5 aromatic rings. The first-order chi connectivity index (χ1) is 16.1. The van der Waals surface area contributed by atoms with Crippen LogP contribution in [0, 0.1) is 0 Å². The van der Waals surface area contributed by atoms with Crippen LogP contribution in [0.2, 0.25) is 0 Å². The van der Waals surface area contributed by atoms with E-state index in [2.05, 4.69) is 26.2 Å². The number of rotatable bonds is 6. The normalized spacial score (nSPS) is 10.9. The van der Waals surface area contributed by atoms with Gasteiger partial charge in [-0.2, -0.15) is 0 Å². The van der Waals surface area contributed by atoms with E-state index in [9.17, 15) is 4.79 Å². The summed E-state index contributed by atoms with van der Waals surface area (Å²) in [6.07, 6.45) is 0. The molecule has 0 aliphatic rings. The van der Waals surface area contributed by atoms with Gasteiger partial charge in [-0.3, -0.25) is 4.79 Å². The van der Waals surface area contributed by atoms with Gasteiger partial charge in [0.05, 0.1) is 27.4 Å². The third-order valence-corrected chi connectivity index (χ3v) is 7.05. The summed E-state index contributed by atoms with van der Waals surface area (Å²) in [5.74, 6) is 0.0413. The predicted molar refractivity (Wildman–Crippen MR) is 140 cm³/mol. The maximum absolute atomic E-state index is 12.6. The van der Waals surface area contributed by atoms with Crippen LogP contribution < -0.4 is 5.32 Å². The maximum Gasteiger partial charge on any atom is 0.236 e. The molecule has 0 aliphatic heterocycles. The molecule has 0 bridgehead atoms. The van der Waals surface area contributed by atoms with E-state index < -0.39 is 0 Å². The number of fused-ring (bicyclic) bond motifs is 1. The van der Waals surface area contributed by atoms with Gasteiger partial charge in [0.25, 0.3) is 0 Å². The molecule has 162 valence electrons. The molecule has 0 atom stereocenters. The van der Waals surface area contributed by atoms with Crippen molar-refractivity contribution in [1.29, 1.82) is 0 Å². The molecular weight excluding hydrogens is 516 g/mol. The fourth-order valence-corrected chi connectivity index (χ4v) is 5.33. The van der Waals surface area contributed by atoms with Crippen LogP contribution in [0.1, 0.15) is 0 Å². The van der Waals surface area contributed by atoms with E-state index in [4.69, 9.17) is 9.97 Å². The minimum absolute atomic E-state index is 0.145. The Balaban J connectivity index is 1.36. The van der Waals surface area contributed by atoms with Gasteiger partial charge >= 0.3 is 0 Å². The molecule has 2 aromatic heterocycles. The number of benzene rings is 3. The second-order valence-corrected chi connectivity index (χ2v) is 10.0. The Morgan fingerprint density at radius 1 is 0.848 bits per heavy atom. The van der Waals surface area contributed by atoms with Crippen LogP contribution in [0.25, 0.3) is 32.7 Å². The van der Waals surface area contributed by atoms with Crippen LogP contribution in [0.3, 0.4) is 0 Å². The first-order valence-electron chi connectivity index (χ1n) is 10.1. The number of carbonyl (C=O) groups excluding carboxylic acids is 1. The number of halogens is 1. The molecule has 0 aliphatic carbocycles. The quantitative estimate of drug-likeness (QED) is 0.190. The van der Waals surface area contributed by atoms with E-state index in [-0.39, 0.29) is 11.7 Å². The van der Waals surface area contributed by atoms with Gasteiger partial charge in [0.15, 0.2) is 10.3 Å². The van der Waals surface area contributed by atoms with Crippen molar-refractivity contribution < 1.29 is 4.79 Å². The summed E-state index contributed by atoms with van der Waals surface area (Å²) in [5, 5.41) is 4.03. The van der Waals surface area contributed by atoms with E-state index in [0.717, 1.165) is 37.2 Å². The van der Waals surface area contributed by atoms with Crippen LogP contribution >= 0.6 is 39.0 Å². The Morgan fingerprint density at radius 2 is 1.48 bits per heavy atom. The average Bonchev–Trinajstić information content (AvgIpc) is 3.25. The summed E-state index contributed by atoms with van der Waals surface area (Å²) in [4.78, 5) is 26.5. The topological polar surface area (TPSA) is 67.8 Å². The lowest BCUT2D eigenvalue weighted by molar-refractivity contribution is -0.113. The summed E-state index contributed by atoms with van der Waals surface area (Å²) >= 11 is 6.22. The Hall–Kier alpha value is -3.07. The largest absolute Gasteiger partial charge is 0.301 e. The van der Waals surface area contributed by atoms with Crippen molar-refractivity contribution in [3.05, 3.63) is 89.4 Å². The van der Waals surface area contributed by atoms with E-state index >= 15 is 0 Å². The number of nitrogens with zero attached hydrogens (tertiary/aromatic N) is 3. The molecule has 0 spiro atoms. The van der Waals surface area contributed by atoms with Gasteiger partial charge in [-0.1, -0.05) is 99.7 Å². The van der Waals surface area contributed by atoms with Gasteiger partial charge < -0.3 is 5.32 Å². The van der Waals surface area contributed by atoms with Gasteiger partial charge in [-0.15, -0.1) is 0 Å². The lowest BCUT2D eigenvalue weighted by atomic mass is 10.1. The molecule has 1 N–H and O–H groups in total. The van der Waals surface area contributed by atoms with Crippen molar-refractivity contribution in [2.45, 2.75) is 5.16 Å². The number of nitrogens with one attached hydrogen (secondary N) is 1. The summed E-state index contributed by atoms with van der Waals surface area (Å²) in [6.45, 7) is 0. The molecule has 8 heteroatoms. The van der Waals surface area contributed by atoms with Crippen LogP contribution in [0.4, 0.5) is 5.13 Å². The minimum Gasteiger partial charge on any atom is -0.301 e. The van der Waals surface area contributed by atoms with Gasteiger partial charge in [-0.05, 0) is 24.3 Å². The molecule has 3 aromatic carbocycles. The van der Waals surface area contributed by atoms with Crippen molar-refractivity contribution in [1.82, 2.24) is 15.0 Å². The molecule has 2 heterocycles. The number of thiazole rings is 1. The Bertz CT molecular complexity index is 1370. The SMILES string of the molecule is O=C(CSc1nc(-c2ccccc2)cc(-c2ccccc2)n1)Nc1nc2ccc(Br)cc2s1. The Labute approximate surface area is 207 Å². The number of hydrogen-bond donors (Lipinski definition) is 1. The number of anilines is 1. The van der Waals surface area contributed by atoms with Crippen molar-refractivity contribution in [3.8, 4) is 22.5 Å². The van der Waals surface area contributed by atoms with Crippen LogP contribution in [-0.4, -0.2) is 26.6 Å². The summed E-state index contributed by atoms with van der Waals surface area (Å²) in [7, 11) is 0. The molecular formula is C25H17BrN4OS2. The third kappa shape index (κ3) is 5.30. The number of amides is 1. The first-order valence-corrected chi connectivity index (χ1v) is 12.7. The molecule has 1 amide bonds. The van der Waals surface area contributed by atoms with Crippen LogP contribution in [-0.2, 0) is 4.79 Å². The predicted octanol–water partition coefficient (Wildman–Crippen LogP) is 6.91. The van der Waals surface area contributed by atoms with E-state index in [1.807, 2.05) is 84.9 Å². The number of aromatic nitrogens is 3. The molecule has 0 saturated heterocycles. The second-order valence-electron chi connectivity index (χ2n) is 7.12. The number of carbonyl (C=O) groups is 1. The molecule has 0 unspecified atom stereocenters. The van der Waals surface area contributed by atoms with E-state index in [0.29, 0.717) is 10.3 Å². The van der Waals surface area contributed by atoms with Crippen molar-refractivity contribution in [3.63, 3.8) is 0 Å². The smallest absolute Gasteiger partial charge is 0.236 e. The van der Waals surface area contributed by atoms with E-state index in [1.165, 1.54) is 23.1 Å². The van der Waals surface area contributed by atoms with E-state index in [1.54, 1.807) is 0 Å². The molecule has 0 saturated carbocycles. The highest BCUT2D eigenvalue weighted by molar-refractivity contribution is 9.10. The Morgan fingerprint density at radius 3 is 2.12 bits per heavy atom. The molecule has 0 radical (unpaired) electrons. The fourth-order valence-electron chi connectivity index (χ4n) is 3.24. The monoisotopic (exact) mass is 532 g/mol. The van der Waals surface area contributed by atoms with Gasteiger partial charge in [0.1, 0.15) is 0 Å². The Kier molecular flexibility index (Phi) is 6.48. The molecule has 5 nitrogen and oxygen atoms in total.